The zero-order valence-corrected chi connectivity index (χ0v) is 26.4. The molecule has 1 aromatic carbocycles. The number of hydrogen-bond donors (Lipinski definition) is 0. The number of thioether (sulfide) groups is 1. The second-order valence-corrected chi connectivity index (χ2v) is 14.9. The van der Waals surface area contributed by atoms with Crippen molar-refractivity contribution in [3.05, 3.63) is 19.9 Å². The lowest BCUT2D eigenvalue weighted by atomic mass is 9.72. The number of likely N-dealkylation sites (tertiary alicyclic amines) is 2. The van der Waals surface area contributed by atoms with Crippen LogP contribution >= 0.6 is 50.3 Å². The largest absolute Gasteiger partial charge is 0.444 e. The molecule has 0 bridgehead atoms. The lowest BCUT2D eigenvalue weighted by Gasteiger charge is -2.53. The molecule has 1 spiro atoms. The molecule has 0 saturated carbocycles. The number of ether oxygens (including phenoxy) is 1. The summed E-state index contributed by atoms with van der Waals surface area (Å²) in [7, 11) is 2.15. The maximum atomic E-state index is 15.4. The molecule has 0 aliphatic carbocycles. The number of halogens is 3. The summed E-state index contributed by atoms with van der Waals surface area (Å²) in [6, 6.07) is 1.99. The Balaban J connectivity index is 1.35. The van der Waals surface area contributed by atoms with Crippen LogP contribution in [0.1, 0.15) is 46.5 Å². The third kappa shape index (κ3) is 5.99. The molecule has 202 valence electrons. The van der Waals surface area contributed by atoms with Gasteiger partial charge in [0.15, 0.2) is 11.0 Å². The fraction of sp³-hybridized carbons (Fsp3) is 0.654. The Bertz CT molecular complexity index is 1190. The molecule has 3 aliphatic heterocycles. The summed E-state index contributed by atoms with van der Waals surface area (Å²) in [5.74, 6) is 0.499. The molecular formula is C26H34BrFIN5O2S. The van der Waals surface area contributed by atoms with E-state index in [0.717, 1.165) is 79.7 Å². The zero-order chi connectivity index (χ0) is 26.5. The van der Waals surface area contributed by atoms with Gasteiger partial charge < -0.3 is 19.4 Å². The molecule has 37 heavy (non-hydrogen) atoms. The van der Waals surface area contributed by atoms with E-state index >= 15 is 4.39 Å². The van der Waals surface area contributed by atoms with E-state index in [0.29, 0.717) is 20.4 Å². The van der Waals surface area contributed by atoms with Crippen molar-refractivity contribution in [2.75, 3.05) is 51.2 Å². The molecule has 3 aliphatic rings. The third-order valence-corrected chi connectivity index (χ3v) is 11.1. The molecule has 0 N–H and O–H groups in total. The highest BCUT2D eigenvalue weighted by Crippen LogP contribution is 2.43. The van der Waals surface area contributed by atoms with Gasteiger partial charge in [-0.25, -0.2) is 19.2 Å². The highest BCUT2D eigenvalue weighted by Gasteiger charge is 2.48. The second-order valence-electron chi connectivity index (χ2n) is 11.7. The maximum Gasteiger partial charge on any atom is 0.410 e. The Morgan fingerprint density at radius 1 is 1.19 bits per heavy atom. The SMILES string of the molecule is CN1CCC(Sc2nc(N3CCC4(CC3)CN(C(=O)OC(C)(C)C)C4)c3cc(I)c(Br)c(F)c3n2)CC1. The molecule has 3 saturated heterocycles. The van der Waals surface area contributed by atoms with E-state index in [4.69, 9.17) is 14.7 Å². The molecular weight excluding hydrogens is 672 g/mol. The van der Waals surface area contributed by atoms with Crippen molar-refractivity contribution >= 4 is 73.1 Å². The van der Waals surface area contributed by atoms with Crippen molar-refractivity contribution in [1.82, 2.24) is 19.8 Å². The van der Waals surface area contributed by atoms with Gasteiger partial charge in [-0.3, -0.25) is 0 Å². The Kier molecular flexibility index (Phi) is 7.90. The Morgan fingerprint density at radius 3 is 2.46 bits per heavy atom. The van der Waals surface area contributed by atoms with Gasteiger partial charge in [-0.2, -0.15) is 0 Å². The Morgan fingerprint density at radius 2 is 1.84 bits per heavy atom. The van der Waals surface area contributed by atoms with Gasteiger partial charge in [0.1, 0.15) is 16.9 Å². The van der Waals surface area contributed by atoms with Gasteiger partial charge in [0.2, 0.25) is 0 Å². The predicted molar refractivity (Wildman–Crippen MR) is 158 cm³/mol. The highest BCUT2D eigenvalue weighted by atomic mass is 127. The van der Waals surface area contributed by atoms with Crippen molar-refractivity contribution in [2.24, 2.45) is 5.41 Å². The highest BCUT2D eigenvalue weighted by molar-refractivity contribution is 14.1. The zero-order valence-electron chi connectivity index (χ0n) is 21.8. The van der Waals surface area contributed by atoms with E-state index in [1.54, 1.807) is 11.8 Å². The fourth-order valence-electron chi connectivity index (χ4n) is 5.41. The van der Waals surface area contributed by atoms with Crippen LogP contribution in [0.4, 0.5) is 15.0 Å². The third-order valence-electron chi connectivity index (χ3n) is 7.55. The Labute approximate surface area is 244 Å². The molecule has 4 heterocycles. The smallest absolute Gasteiger partial charge is 0.410 e. The first kappa shape index (κ1) is 27.6. The van der Waals surface area contributed by atoms with E-state index in [-0.39, 0.29) is 17.3 Å². The summed E-state index contributed by atoms with van der Waals surface area (Å²) in [5, 5.41) is 1.86. The lowest BCUT2D eigenvalue weighted by molar-refractivity contribution is -0.0434. The first-order valence-electron chi connectivity index (χ1n) is 12.9. The molecule has 5 rings (SSSR count). The van der Waals surface area contributed by atoms with Gasteiger partial charge in [-0.15, -0.1) is 0 Å². The standard InChI is InChI=1S/C26H34BrFIN5O2S/c1-25(2,3)36-24(35)34-14-26(15-34)7-11-33(12-8-26)22-17-13-18(29)19(27)20(28)21(17)30-23(31-22)37-16-5-9-32(4)10-6-16/h13,16H,5-12,14-15H2,1-4H3. The first-order chi connectivity index (χ1) is 17.4. The molecule has 3 fully saturated rings. The summed E-state index contributed by atoms with van der Waals surface area (Å²) < 4.78 is 22.2. The number of hydrogen-bond acceptors (Lipinski definition) is 7. The van der Waals surface area contributed by atoms with Gasteiger partial charge in [0, 0.05) is 45.8 Å². The number of nitrogens with zero attached hydrogens (tertiary/aromatic N) is 5. The van der Waals surface area contributed by atoms with Gasteiger partial charge in [0.05, 0.1) is 4.47 Å². The van der Waals surface area contributed by atoms with Gasteiger partial charge in [-0.05, 0) is 111 Å². The molecule has 1 amide bonds. The summed E-state index contributed by atoms with van der Waals surface area (Å²) in [5.41, 5.74) is 0.0280. The molecule has 2 aromatic rings. The number of carbonyl (C=O) groups excluding carboxylic acids is 1. The number of anilines is 1. The molecule has 1 aromatic heterocycles. The van der Waals surface area contributed by atoms with Crippen LogP contribution < -0.4 is 4.90 Å². The topological polar surface area (TPSA) is 61.8 Å². The van der Waals surface area contributed by atoms with Crippen molar-refractivity contribution in [3.63, 3.8) is 0 Å². The van der Waals surface area contributed by atoms with Crippen molar-refractivity contribution in [2.45, 2.75) is 62.5 Å². The minimum atomic E-state index is -0.484. The van der Waals surface area contributed by atoms with E-state index in [2.05, 4.69) is 55.4 Å². The number of carbonyl (C=O) groups is 1. The molecule has 0 radical (unpaired) electrons. The van der Waals surface area contributed by atoms with Crippen LogP contribution in [-0.2, 0) is 4.74 Å². The molecule has 11 heteroatoms. The summed E-state index contributed by atoms with van der Waals surface area (Å²) in [4.78, 5) is 28.6. The number of aromatic nitrogens is 2. The van der Waals surface area contributed by atoms with Crippen LogP contribution in [0.5, 0.6) is 0 Å². The van der Waals surface area contributed by atoms with Crippen LogP contribution in [-0.4, -0.2) is 83.0 Å². The number of benzene rings is 1. The number of rotatable bonds is 3. The first-order valence-corrected chi connectivity index (χ1v) is 15.6. The molecule has 0 atom stereocenters. The van der Waals surface area contributed by atoms with Gasteiger partial charge in [0.25, 0.3) is 0 Å². The summed E-state index contributed by atoms with van der Waals surface area (Å²) >= 11 is 7.25. The van der Waals surface area contributed by atoms with Crippen LogP contribution in [0.25, 0.3) is 10.9 Å². The van der Waals surface area contributed by atoms with E-state index in [9.17, 15) is 4.79 Å². The maximum absolute atomic E-state index is 15.4. The van der Waals surface area contributed by atoms with Crippen molar-refractivity contribution < 1.29 is 13.9 Å². The van der Waals surface area contributed by atoms with E-state index < -0.39 is 5.60 Å². The number of fused-ring (bicyclic) bond motifs is 1. The van der Waals surface area contributed by atoms with E-state index in [1.165, 1.54) is 0 Å². The van der Waals surface area contributed by atoms with Crippen LogP contribution in [0.2, 0.25) is 0 Å². The van der Waals surface area contributed by atoms with Crippen LogP contribution in [0, 0.1) is 14.8 Å². The van der Waals surface area contributed by atoms with Crippen LogP contribution in [0.3, 0.4) is 0 Å². The summed E-state index contributed by atoms with van der Waals surface area (Å²) in [6.07, 6.45) is 3.86. The normalized spacial score (nSPS) is 20.9. The van der Waals surface area contributed by atoms with Crippen molar-refractivity contribution in [3.8, 4) is 0 Å². The minimum absolute atomic E-state index is 0.130. The lowest BCUT2D eigenvalue weighted by Crippen LogP contribution is -2.62. The quantitative estimate of drug-likeness (QED) is 0.216. The van der Waals surface area contributed by atoms with Gasteiger partial charge >= 0.3 is 6.09 Å². The molecule has 0 unspecified atom stereocenters. The van der Waals surface area contributed by atoms with Crippen molar-refractivity contribution in [1.29, 1.82) is 0 Å². The van der Waals surface area contributed by atoms with Gasteiger partial charge in [-0.1, -0.05) is 11.8 Å². The fourth-order valence-corrected chi connectivity index (χ4v) is 7.29. The molecule has 7 nitrogen and oxygen atoms in total. The Hall–Kier alpha value is -0.920. The van der Waals surface area contributed by atoms with Crippen LogP contribution in [0.15, 0.2) is 15.7 Å². The predicted octanol–water partition coefficient (Wildman–Crippen LogP) is 6.16. The summed E-state index contributed by atoms with van der Waals surface area (Å²) in [6.45, 7) is 10.9. The second kappa shape index (κ2) is 10.6. The number of amides is 1. The monoisotopic (exact) mass is 705 g/mol. The average Bonchev–Trinajstić information content (AvgIpc) is 2.82. The minimum Gasteiger partial charge on any atom is -0.444 e. The van der Waals surface area contributed by atoms with E-state index in [1.807, 2.05) is 31.7 Å². The average molecular weight is 706 g/mol. The number of piperidine rings is 2.